The summed E-state index contributed by atoms with van der Waals surface area (Å²) in [5.41, 5.74) is 2.95. The summed E-state index contributed by atoms with van der Waals surface area (Å²) in [6.45, 7) is 11.9. The molecule has 0 unspecified atom stereocenters. The van der Waals surface area contributed by atoms with Gasteiger partial charge in [0.25, 0.3) is 0 Å². The van der Waals surface area contributed by atoms with Crippen LogP contribution >= 0.6 is 0 Å². The topological polar surface area (TPSA) is 35.5 Å². The minimum absolute atomic E-state index is 0.127. The van der Waals surface area contributed by atoms with Gasteiger partial charge in [-0.05, 0) is 51.0 Å². The average Bonchev–Trinajstić information content (AvgIpc) is 2.46. The number of ether oxygens (including phenoxy) is 2. The molecule has 3 nitrogen and oxygen atoms in total. The Morgan fingerprint density at radius 1 is 0.792 bits per heavy atom. The van der Waals surface area contributed by atoms with Gasteiger partial charge in [0.1, 0.15) is 11.4 Å². The zero-order chi connectivity index (χ0) is 18.0. The molecule has 0 bridgehead atoms. The lowest BCUT2D eigenvalue weighted by atomic mass is 9.78. The van der Waals surface area contributed by atoms with Crippen molar-refractivity contribution in [2.75, 3.05) is 0 Å². The lowest BCUT2D eigenvalue weighted by Gasteiger charge is -2.26. The molecule has 0 spiro atoms. The van der Waals surface area contributed by atoms with Crippen molar-refractivity contribution in [3.63, 3.8) is 0 Å². The van der Waals surface area contributed by atoms with Gasteiger partial charge >= 0.3 is 6.16 Å². The molecule has 0 aliphatic heterocycles. The van der Waals surface area contributed by atoms with E-state index in [0.717, 1.165) is 5.56 Å². The average molecular weight is 326 g/mol. The molecule has 2 aromatic carbocycles. The van der Waals surface area contributed by atoms with Crippen LogP contribution in [0.5, 0.6) is 5.75 Å². The molecule has 0 saturated carbocycles. The van der Waals surface area contributed by atoms with Crippen molar-refractivity contribution in [3.8, 4) is 5.75 Å². The number of hydrogen-bond acceptors (Lipinski definition) is 3. The minimum Gasteiger partial charge on any atom is -0.428 e. The van der Waals surface area contributed by atoms with Gasteiger partial charge < -0.3 is 9.47 Å². The molecule has 2 rings (SSSR count). The van der Waals surface area contributed by atoms with Crippen LogP contribution in [-0.2, 0) is 10.2 Å². The van der Waals surface area contributed by atoms with E-state index in [1.54, 1.807) is 32.9 Å². The Labute approximate surface area is 144 Å². The summed E-state index contributed by atoms with van der Waals surface area (Å²) in [4.78, 5) is 11.7. The summed E-state index contributed by atoms with van der Waals surface area (Å²) < 4.78 is 10.4. The lowest BCUT2D eigenvalue weighted by Crippen LogP contribution is -2.26. The number of rotatable bonds is 3. The van der Waals surface area contributed by atoms with E-state index in [9.17, 15) is 4.79 Å². The van der Waals surface area contributed by atoms with E-state index >= 15 is 0 Å². The van der Waals surface area contributed by atoms with Gasteiger partial charge in [0.15, 0.2) is 0 Å². The van der Waals surface area contributed by atoms with Crippen molar-refractivity contribution in [1.29, 1.82) is 0 Å². The van der Waals surface area contributed by atoms with Crippen LogP contribution in [0.1, 0.15) is 51.3 Å². The van der Waals surface area contributed by atoms with Crippen molar-refractivity contribution in [2.45, 2.75) is 52.6 Å². The van der Waals surface area contributed by atoms with Gasteiger partial charge in [-0.1, -0.05) is 55.8 Å². The predicted octanol–water partition coefficient (Wildman–Crippen LogP) is 5.63. The molecule has 0 fully saturated rings. The van der Waals surface area contributed by atoms with Crippen molar-refractivity contribution >= 4 is 6.16 Å². The van der Waals surface area contributed by atoms with Gasteiger partial charge in [-0.25, -0.2) is 4.79 Å². The van der Waals surface area contributed by atoms with Gasteiger partial charge in [0.2, 0.25) is 0 Å². The molecule has 0 radical (unpaired) electrons. The summed E-state index contributed by atoms with van der Waals surface area (Å²) in [5.74, 6) is 0.479. The molecular weight excluding hydrogens is 300 g/mol. The summed E-state index contributed by atoms with van der Waals surface area (Å²) in [5, 5.41) is 0. The SMILES string of the molecule is Cc1ccc(C(C)(C)c2ccc(OC(=O)OC(C)(C)C)cc2)cc1. The standard InChI is InChI=1S/C21H26O3/c1-15-7-9-16(10-8-15)21(5,6)17-11-13-18(14-12-17)23-19(22)24-20(2,3)4/h7-14H,1-6H3. The van der Waals surface area contributed by atoms with Crippen LogP contribution in [0, 0.1) is 6.92 Å². The van der Waals surface area contributed by atoms with Gasteiger partial charge in [-0.15, -0.1) is 0 Å². The first kappa shape index (κ1) is 18.1. The molecule has 0 aliphatic rings. The normalized spacial score (nSPS) is 11.9. The Balaban J connectivity index is 2.13. The predicted molar refractivity (Wildman–Crippen MR) is 96.6 cm³/mol. The van der Waals surface area contributed by atoms with Crippen molar-refractivity contribution in [1.82, 2.24) is 0 Å². The van der Waals surface area contributed by atoms with Crippen LogP contribution in [0.2, 0.25) is 0 Å². The van der Waals surface area contributed by atoms with E-state index in [2.05, 4.69) is 45.0 Å². The Hall–Kier alpha value is -2.29. The monoisotopic (exact) mass is 326 g/mol. The molecule has 128 valence electrons. The molecule has 24 heavy (non-hydrogen) atoms. The maximum absolute atomic E-state index is 11.7. The van der Waals surface area contributed by atoms with E-state index < -0.39 is 11.8 Å². The molecule has 0 aromatic heterocycles. The van der Waals surface area contributed by atoms with Gasteiger partial charge in [0, 0.05) is 5.41 Å². The summed E-state index contributed by atoms with van der Waals surface area (Å²) >= 11 is 0. The molecular formula is C21H26O3. The third-order valence-electron chi connectivity index (χ3n) is 3.94. The van der Waals surface area contributed by atoms with E-state index in [1.165, 1.54) is 11.1 Å². The third kappa shape index (κ3) is 4.60. The van der Waals surface area contributed by atoms with Gasteiger partial charge in [0.05, 0.1) is 0 Å². The highest BCUT2D eigenvalue weighted by atomic mass is 16.7. The Kier molecular flexibility index (Phi) is 5.02. The molecule has 0 heterocycles. The third-order valence-corrected chi connectivity index (χ3v) is 3.94. The Morgan fingerprint density at radius 3 is 1.71 bits per heavy atom. The van der Waals surface area contributed by atoms with Crippen LogP contribution in [0.15, 0.2) is 48.5 Å². The van der Waals surface area contributed by atoms with Crippen molar-refractivity contribution < 1.29 is 14.3 Å². The first-order valence-corrected chi connectivity index (χ1v) is 8.16. The zero-order valence-electron chi connectivity index (χ0n) is 15.3. The van der Waals surface area contributed by atoms with E-state index in [0.29, 0.717) is 5.75 Å². The quantitative estimate of drug-likeness (QED) is 0.541. The van der Waals surface area contributed by atoms with Crippen molar-refractivity contribution in [2.24, 2.45) is 0 Å². The van der Waals surface area contributed by atoms with E-state index in [1.807, 2.05) is 12.1 Å². The van der Waals surface area contributed by atoms with E-state index in [-0.39, 0.29) is 5.41 Å². The lowest BCUT2D eigenvalue weighted by molar-refractivity contribution is 0.0206. The Morgan fingerprint density at radius 2 is 1.25 bits per heavy atom. The van der Waals surface area contributed by atoms with Gasteiger partial charge in [-0.3, -0.25) is 0 Å². The number of benzene rings is 2. The second kappa shape index (κ2) is 6.68. The highest BCUT2D eigenvalue weighted by molar-refractivity contribution is 5.64. The van der Waals surface area contributed by atoms with Crippen LogP contribution in [0.3, 0.4) is 0 Å². The molecule has 0 saturated heterocycles. The zero-order valence-corrected chi connectivity index (χ0v) is 15.3. The number of carbonyl (C=O) groups is 1. The largest absolute Gasteiger partial charge is 0.514 e. The molecule has 3 heteroatoms. The molecule has 0 amide bonds. The highest BCUT2D eigenvalue weighted by Gasteiger charge is 2.23. The fraction of sp³-hybridized carbons (Fsp3) is 0.381. The fourth-order valence-electron chi connectivity index (χ4n) is 2.44. The highest BCUT2D eigenvalue weighted by Crippen LogP contribution is 2.32. The molecule has 0 aliphatic carbocycles. The maximum atomic E-state index is 11.7. The van der Waals surface area contributed by atoms with Crippen LogP contribution < -0.4 is 4.74 Å². The smallest absolute Gasteiger partial charge is 0.428 e. The van der Waals surface area contributed by atoms with Crippen LogP contribution in [-0.4, -0.2) is 11.8 Å². The molecule has 0 N–H and O–H groups in total. The first-order valence-electron chi connectivity index (χ1n) is 8.16. The molecule has 2 aromatic rings. The number of hydrogen-bond donors (Lipinski definition) is 0. The van der Waals surface area contributed by atoms with Crippen LogP contribution in [0.4, 0.5) is 4.79 Å². The number of aryl methyl sites for hydroxylation is 1. The van der Waals surface area contributed by atoms with Crippen LogP contribution in [0.25, 0.3) is 0 Å². The summed E-state index contributed by atoms with van der Waals surface area (Å²) in [6, 6.07) is 16.1. The second-order valence-electron chi connectivity index (χ2n) is 7.58. The maximum Gasteiger partial charge on any atom is 0.514 e. The van der Waals surface area contributed by atoms with E-state index in [4.69, 9.17) is 9.47 Å². The number of carbonyl (C=O) groups excluding carboxylic acids is 1. The minimum atomic E-state index is -0.687. The fourth-order valence-corrected chi connectivity index (χ4v) is 2.44. The summed E-state index contributed by atoms with van der Waals surface area (Å²) in [7, 11) is 0. The molecule has 0 atom stereocenters. The first-order chi connectivity index (χ1) is 11.1. The summed E-state index contributed by atoms with van der Waals surface area (Å²) in [6.07, 6.45) is -0.687. The second-order valence-corrected chi connectivity index (χ2v) is 7.58. The van der Waals surface area contributed by atoms with Crippen molar-refractivity contribution in [3.05, 3.63) is 65.2 Å². The van der Waals surface area contributed by atoms with Gasteiger partial charge in [-0.2, -0.15) is 0 Å². The Bertz CT molecular complexity index is 689.